The Morgan fingerprint density at radius 3 is 2.56 bits per heavy atom. The molecule has 1 aromatic heterocycles. The Bertz CT molecular complexity index is 468. The van der Waals surface area contributed by atoms with Crippen molar-refractivity contribution in [3.63, 3.8) is 0 Å². The molecule has 0 spiro atoms. The van der Waals surface area contributed by atoms with Crippen LogP contribution in [0.3, 0.4) is 0 Å². The first-order chi connectivity index (χ1) is 8.38. The van der Waals surface area contributed by atoms with Gasteiger partial charge < -0.3 is 10.1 Å². The third-order valence-electron chi connectivity index (χ3n) is 2.12. The summed E-state index contributed by atoms with van der Waals surface area (Å²) in [4.78, 5) is 23.0. The molecule has 6 nitrogen and oxygen atoms in total. The van der Waals surface area contributed by atoms with Crippen LogP contribution in [-0.4, -0.2) is 28.3 Å². The van der Waals surface area contributed by atoms with Crippen molar-refractivity contribution in [1.82, 2.24) is 9.78 Å². The molecule has 1 N–H and O–H groups in total. The first-order valence-corrected chi connectivity index (χ1v) is 6.40. The van der Waals surface area contributed by atoms with Gasteiger partial charge in [-0.05, 0) is 36.7 Å². The number of carbonyl (C=O) groups excluding carboxylic acids is 2. The monoisotopic (exact) mass is 317 g/mol. The summed E-state index contributed by atoms with van der Waals surface area (Å²) in [6.07, 6.45) is 0. The second-order valence-corrected chi connectivity index (χ2v) is 4.71. The summed E-state index contributed by atoms with van der Waals surface area (Å²) in [5, 5.41) is 6.72. The summed E-state index contributed by atoms with van der Waals surface area (Å²) in [5.41, 5.74) is 0.237. The summed E-state index contributed by atoms with van der Waals surface area (Å²) in [6.45, 7) is 7.18. The van der Waals surface area contributed by atoms with Crippen molar-refractivity contribution < 1.29 is 14.3 Å². The molecule has 0 bridgehead atoms. The van der Waals surface area contributed by atoms with E-state index in [2.05, 4.69) is 26.3 Å². The summed E-state index contributed by atoms with van der Waals surface area (Å²) < 4.78 is 7.06. The van der Waals surface area contributed by atoms with Crippen molar-refractivity contribution in [2.75, 3.05) is 11.9 Å². The zero-order valence-corrected chi connectivity index (χ0v) is 12.4. The lowest BCUT2D eigenvalue weighted by molar-refractivity contribution is -0.114. The molecule has 0 radical (unpaired) electrons. The van der Waals surface area contributed by atoms with Crippen LogP contribution in [0.15, 0.2) is 4.60 Å². The highest BCUT2D eigenvalue weighted by Crippen LogP contribution is 2.28. The first-order valence-electron chi connectivity index (χ1n) is 5.61. The topological polar surface area (TPSA) is 73.2 Å². The fourth-order valence-corrected chi connectivity index (χ4v) is 2.23. The molecule has 0 saturated carbocycles. The van der Waals surface area contributed by atoms with E-state index < -0.39 is 5.97 Å². The SMILES string of the molecule is CCOC(=O)c1c(NC(C)=O)nn(C(C)C)c1Br. The smallest absolute Gasteiger partial charge is 0.344 e. The summed E-state index contributed by atoms with van der Waals surface area (Å²) in [5.74, 6) is -0.594. The van der Waals surface area contributed by atoms with E-state index in [9.17, 15) is 9.59 Å². The molecule has 18 heavy (non-hydrogen) atoms. The maximum Gasteiger partial charge on any atom is 0.344 e. The minimum absolute atomic E-state index is 0.0510. The van der Waals surface area contributed by atoms with Crippen LogP contribution >= 0.6 is 15.9 Å². The Labute approximate surface area is 114 Å². The second kappa shape index (κ2) is 5.99. The molecule has 0 unspecified atom stereocenters. The number of hydrogen-bond donors (Lipinski definition) is 1. The molecule has 1 rings (SSSR count). The predicted molar refractivity (Wildman–Crippen MR) is 70.6 cm³/mol. The predicted octanol–water partition coefficient (Wildman–Crippen LogP) is 2.36. The van der Waals surface area contributed by atoms with Crippen molar-refractivity contribution in [3.05, 3.63) is 10.2 Å². The van der Waals surface area contributed by atoms with Gasteiger partial charge in [0.2, 0.25) is 5.91 Å². The number of amides is 1. The van der Waals surface area contributed by atoms with Crippen molar-refractivity contribution in [2.24, 2.45) is 0 Å². The number of aromatic nitrogens is 2. The Morgan fingerprint density at radius 1 is 1.50 bits per heavy atom. The van der Waals surface area contributed by atoms with Gasteiger partial charge in [-0.3, -0.25) is 9.48 Å². The maximum atomic E-state index is 11.8. The molecule has 0 fully saturated rings. The van der Waals surface area contributed by atoms with Crippen LogP contribution in [-0.2, 0) is 9.53 Å². The molecular weight excluding hydrogens is 302 g/mol. The molecular formula is C11H16BrN3O3. The Balaban J connectivity index is 3.26. The lowest BCUT2D eigenvalue weighted by Gasteiger charge is -2.06. The Hall–Kier alpha value is -1.37. The molecule has 100 valence electrons. The van der Waals surface area contributed by atoms with Gasteiger partial charge in [0.1, 0.15) is 10.2 Å². The van der Waals surface area contributed by atoms with Crippen LogP contribution in [0.25, 0.3) is 0 Å². The molecule has 0 aliphatic carbocycles. The van der Waals surface area contributed by atoms with E-state index in [0.717, 1.165) is 0 Å². The minimum atomic E-state index is -0.514. The third-order valence-corrected chi connectivity index (χ3v) is 2.87. The van der Waals surface area contributed by atoms with Gasteiger partial charge in [-0.25, -0.2) is 4.79 Å². The molecule has 1 heterocycles. The standard InChI is InChI=1S/C11H16BrN3O3/c1-5-18-11(17)8-9(12)15(6(2)3)14-10(8)13-7(4)16/h6H,5H2,1-4H3,(H,13,14,16). The van der Waals surface area contributed by atoms with Gasteiger partial charge in [-0.15, -0.1) is 0 Å². The van der Waals surface area contributed by atoms with E-state index in [-0.39, 0.29) is 29.9 Å². The summed E-state index contributed by atoms with van der Waals surface area (Å²) in [6, 6.07) is 0.0510. The molecule has 0 atom stereocenters. The first kappa shape index (κ1) is 14.7. The van der Waals surface area contributed by atoms with E-state index in [1.54, 1.807) is 11.6 Å². The van der Waals surface area contributed by atoms with Gasteiger partial charge >= 0.3 is 5.97 Å². The quantitative estimate of drug-likeness (QED) is 0.865. The Kier molecular flexibility index (Phi) is 4.89. The third kappa shape index (κ3) is 3.10. The molecule has 0 aliphatic rings. The molecule has 7 heteroatoms. The number of esters is 1. The highest BCUT2D eigenvalue weighted by atomic mass is 79.9. The minimum Gasteiger partial charge on any atom is -0.462 e. The molecule has 0 aromatic carbocycles. The number of rotatable bonds is 4. The molecule has 1 aromatic rings. The van der Waals surface area contributed by atoms with Crippen molar-refractivity contribution in [2.45, 2.75) is 33.7 Å². The largest absolute Gasteiger partial charge is 0.462 e. The van der Waals surface area contributed by atoms with Gasteiger partial charge in [-0.1, -0.05) is 0 Å². The van der Waals surface area contributed by atoms with E-state index in [4.69, 9.17) is 4.74 Å². The van der Waals surface area contributed by atoms with E-state index in [0.29, 0.717) is 4.60 Å². The van der Waals surface area contributed by atoms with Crippen LogP contribution in [0.4, 0.5) is 5.82 Å². The number of carbonyl (C=O) groups is 2. The molecule has 1 amide bonds. The van der Waals surface area contributed by atoms with Gasteiger partial charge in [0.15, 0.2) is 5.82 Å². The van der Waals surface area contributed by atoms with Crippen LogP contribution < -0.4 is 5.32 Å². The van der Waals surface area contributed by atoms with Crippen LogP contribution in [0, 0.1) is 0 Å². The van der Waals surface area contributed by atoms with Gasteiger partial charge in [0.25, 0.3) is 0 Å². The van der Waals surface area contributed by atoms with Crippen LogP contribution in [0.1, 0.15) is 44.1 Å². The number of halogens is 1. The van der Waals surface area contributed by atoms with Crippen molar-refractivity contribution in [3.8, 4) is 0 Å². The maximum absolute atomic E-state index is 11.8. The van der Waals surface area contributed by atoms with Crippen molar-refractivity contribution in [1.29, 1.82) is 0 Å². The van der Waals surface area contributed by atoms with Crippen LogP contribution in [0.2, 0.25) is 0 Å². The van der Waals surface area contributed by atoms with E-state index in [1.165, 1.54) is 6.92 Å². The number of anilines is 1. The average Bonchev–Trinajstić information content (AvgIpc) is 2.55. The highest BCUT2D eigenvalue weighted by molar-refractivity contribution is 9.10. The molecule has 0 saturated heterocycles. The fourth-order valence-electron chi connectivity index (χ4n) is 1.39. The van der Waals surface area contributed by atoms with E-state index >= 15 is 0 Å². The van der Waals surface area contributed by atoms with Gasteiger partial charge in [-0.2, -0.15) is 5.10 Å². The zero-order valence-electron chi connectivity index (χ0n) is 10.8. The zero-order chi connectivity index (χ0) is 13.9. The summed E-state index contributed by atoms with van der Waals surface area (Å²) in [7, 11) is 0. The number of ether oxygens (including phenoxy) is 1. The van der Waals surface area contributed by atoms with Gasteiger partial charge in [0.05, 0.1) is 6.61 Å². The number of nitrogens with one attached hydrogen (secondary N) is 1. The Morgan fingerprint density at radius 2 is 2.11 bits per heavy atom. The average molecular weight is 318 g/mol. The number of nitrogens with zero attached hydrogens (tertiary/aromatic N) is 2. The van der Waals surface area contributed by atoms with Crippen LogP contribution in [0.5, 0.6) is 0 Å². The second-order valence-electron chi connectivity index (χ2n) is 3.95. The normalized spacial score (nSPS) is 10.6. The lowest BCUT2D eigenvalue weighted by Crippen LogP contribution is -2.12. The molecule has 0 aliphatic heterocycles. The number of hydrogen-bond acceptors (Lipinski definition) is 4. The summed E-state index contributed by atoms with van der Waals surface area (Å²) >= 11 is 3.31. The van der Waals surface area contributed by atoms with E-state index in [1.807, 2.05) is 13.8 Å². The van der Waals surface area contributed by atoms with Crippen molar-refractivity contribution >= 4 is 33.6 Å². The lowest BCUT2D eigenvalue weighted by atomic mass is 10.3. The fraction of sp³-hybridized carbons (Fsp3) is 0.545. The van der Waals surface area contributed by atoms with Gasteiger partial charge in [0, 0.05) is 13.0 Å². The highest BCUT2D eigenvalue weighted by Gasteiger charge is 2.25.